The van der Waals surface area contributed by atoms with Crippen LogP contribution >= 0.6 is 0 Å². The van der Waals surface area contributed by atoms with Gasteiger partial charge in [-0.15, -0.1) is 0 Å². The number of nitrogens with one attached hydrogen (secondary N) is 1. The molecule has 13 heavy (non-hydrogen) atoms. The Morgan fingerprint density at radius 1 is 1.69 bits per heavy atom. The van der Waals surface area contributed by atoms with Crippen molar-refractivity contribution in [1.29, 1.82) is 0 Å². The second-order valence-corrected chi connectivity index (χ2v) is 3.40. The van der Waals surface area contributed by atoms with E-state index in [0.29, 0.717) is 13.2 Å². The van der Waals surface area contributed by atoms with Gasteiger partial charge in [-0.05, 0) is 13.8 Å². The number of aliphatic carboxylic acids is 1. The fourth-order valence-electron chi connectivity index (χ4n) is 1.28. The molecule has 0 aliphatic carbocycles. The number of ether oxygens (including phenoxy) is 1. The van der Waals surface area contributed by atoms with Gasteiger partial charge in [0.15, 0.2) is 0 Å². The molecule has 0 saturated carbocycles. The van der Waals surface area contributed by atoms with E-state index in [2.05, 4.69) is 5.32 Å². The lowest BCUT2D eigenvalue weighted by molar-refractivity contribution is -0.157. The third-order valence-corrected chi connectivity index (χ3v) is 2.47. The Balaban J connectivity index is 0.00000144. The van der Waals surface area contributed by atoms with Crippen molar-refractivity contribution in [2.75, 3.05) is 19.7 Å². The van der Waals surface area contributed by atoms with Crippen LogP contribution in [0, 0.1) is 5.92 Å². The summed E-state index contributed by atoms with van der Waals surface area (Å²) >= 11 is 0. The minimum absolute atomic E-state index is 0. The molecule has 0 aromatic rings. The first kappa shape index (κ1) is 12.3. The van der Waals surface area contributed by atoms with Crippen molar-refractivity contribution in [3.8, 4) is 0 Å². The number of hydrogen-bond donors (Lipinski definition) is 3. The minimum Gasteiger partial charge on any atom is -0.481 e. The van der Waals surface area contributed by atoms with E-state index in [0.717, 1.165) is 6.54 Å². The van der Waals surface area contributed by atoms with Crippen LogP contribution in [0.5, 0.6) is 0 Å². The van der Waals surface area contributed by atoms with E-state index in [1.807, 2.05) is 6.92 Å². The molecule has 5 heteroatoms. The minimum atomic E-state index is -0.804. The molecule has 0 amide bonds. The molecule has 0 aromatic heterocycles. The molecular formula is C8H18N2O3. The van der Waals surface area contributed by atoms with Crippen molar-refractivity contribution in [3.63, 3.8) is 0 Å². The van der Waals surface area contributed by atoms with Crippen LogP contribution in [0.25, 0.3) is 0 Å². The monoisotopic (exact) mass is 190 g/mol. The van der Waals surface area contributed by atoms with Crippen LogP contribution < -0.4 is 11.5 Å². The summed E-state index contributed by atoms with van der Waals surface area (Å²) in [4.78, 5) is 10.7. The van der Waals surface area contributed by atoms with Crippen molar-refractivity contribution >= 4 is 5.97 Å². The summed E-state index contributed by atoms with van der Waals surface area (Å²) in [6.07, 6.45) is 0. The maximum absolute atomic E-state index is 10.7. The van der Waals surface area contributed by atoms with Crippen molar-refractivity contribution in [2.45, 2.75) is 19.4 Å². The molecule has 2 unspecified atom stereocenters. The number of morpholine rings is 1. The van der Waals surface area contributed by atoms with Gasteiger partial charge < -0.3 is 21.3 Å². The van der Waals surface area contributed by atoms with Gasteiger partial charge in [-0.25, -0.2) is 0 Å². The van der Waals surface area contributed by atoms with Crippen molar-refractivity contribution in [3.05, 3.63) is 0 Å². The predicted molar refractivity (Wildman–Crippen MR) is 49.0 cm³/mol. The summed E-state index contributed by atoms with van der Waals surface area (Å²) in [5.41, 5.74) is -0.552. The van der Waals surface area contributed by atoms with Crippen molar-refractivity contribution < 1.29 is 14.6 Å². The summed E-state index contributed by atoms with van der Waals surface area (Å²) < 4.78 is 5.45. The summed E-state index contributed by atoms with van der Waals surface area (Å²) in [7, 11) is 0. The van der Waals surface area contributed by atoms with E-state index in [4.69, 9.17) is 9.84 Å². The molecular weight excluding hydrogens is 172 g/mol. The summed E-state index contributed by atoms with van der Waals surface area (Å²) in [6, 6.07) is 0. The molecule has 0 bridgehead atoms. The lowest BCUT2D eigenvalue weighted by Crippen LogP contribution is -2.53. The first-order valence-corrected chi connectivity index (χ1v) is 4.14. The van der Waals surface area contributed by atoms with Crippen LogP contribution in [-0.4, -0.2) is 36.4 Å². The summed E-state index contributed by atoms with van der Waals surface area (Å²) in [5.74, 6) is -1.27. The number of hydrogen-bond acceptors (Lipinski definition) is 4. The topological polar surface area (TPSA) is 93.6 Å². The molecule has 78 valence electrons. The first-order chi connectivity index (χ1) is 5.56. The van der Waals surface area contributed by atoms with E-state index < -0.39 is 17.5 Å². The Kier molecular flexibility index (Phi) is 4.32. The van der Waals surface area contributed by atoms with Gasteiger partial charge in [0.2, 0.25) is 0 Å². The van der Waals surface area contributed by atoms with Gasteiger partial charge in [-0.2, -0.15) is 0 Å². The Morgan fingerprint density at radius 3 is 2.69 bits per heavy atom. The molecule has 1 aliphatic rings. The average molecular weight is 190 g/mol. The molecule has 0 aromatic carbocycles. The van der Waals surface area contributed by atoms with Crippen molar-refractivity contribution in [1.82, 2.24) is 11.5 Å². The Morgan fingerprint density at radius 2 is 2.31 bits per heavy atom. The maximum Gasteiger partial charge on any atom is 0.309 e. The quantitative estimate of drug-likeness (QED) is 0.580. The van der Waals surface area contributed by atoms with E-state index in [1.54, 1.807) is 6.92 Å². The molecule has 1 heterocycles. The van der Waals surface area contributed by atoms with Gasteiger partial charge in [0.25, 0.3) is 0 Å². The van der Waals surface area contributed by atoms with Gasteiger partial charge in [0.05, 0.1) is 18.1 Å². The lowest BCUT2D eigenvalue weighted by atomic mass is 9.89. The maximum atomic E-state index is 10.7. The van der Waals surface area contributed by atoms with Crippen LogP contribution in [0.1, 0.15) is 13.8 Å². The molecule has 5 nitrogen and oxygen atoms in total. The van der Waals surface area contributed by atoms with E-state index in [9.17, 15) is 4.79 Å². The Bertz CT molecular complexity index is 178. The molecule has 0 radical (unpaired) electrons. The zero-order valence-electron chi connectivity index (χ0n) is 8.17. The van der Waals surface area contributed by atoms with Gasteiger partial charge in [0.1, 0.15) is 0 Å². The van der Waals surface area contributed by atoms with Crippen LogP contribution in [0.4, 0.5) is 0 Å². The fraction of sp³-hybridized carbons (Fsp3) is 0.875. The zero-order valence-corrected chi connectivity index (χ0v) is 8.17. The van der Waals surface area contributed by atoms with Gasteiger partial charge in [-0.1, -0.05) is 0 Å². The second-order valence-electron chi connectivity index (χ2n) is 3.40. The largest absolute Gasteiger partial charge is 0.481 e. The van der Waals surface area contributed by atoms with Gasteiger partial charge >= 0.3 is 5.97 Å². The van der Waals surface area contributed by atoms with Crippen LogP contribution in [0.15, 0.2) is 0 Å². The zero-order chi connectivity index (χ0) is 9.19. The third-order valence-electron chi connectivity index (χ3n) is 2.47. The molecule has 2 atom stereocenters. The summed E-state index contributed by atoms with van der Waals surface area (Å²) in [5, 5.41) is 11.9. The Labute approximate surface area is 78.0 Å². The van der Waals surface area contributed by atoms with Crippen LogP contribution in [-0.2, 0) is 9.53 Å². The molecule has 1 saturated heterocycles. The van der Waals surface area contributed by atoms with Gasteiger partial charge in [-0.3, -0.25) is 4.79 Å². The van der Waals surface area contributed by atoms with Crippen LogP contribution in [0.2, 0.25) is 0 Å². The third kappa shape index (κ3) is 2.65. The van der Waals surface area contributed by atoms with E-state index >= 15 is 0 Å². The Hall–Kier alpha value is -0.650. The number of carbonyl (C=O) groups is 1. The highest BCUT2D eigenvalue weighted by Gasteiger charge is 2.38. The highest BCUT2D eigenvalue weighted by molar-refractivity contribution is 5.71. The molecule has 1 aliphatic heterocycles. The first-order valence-electron chi connectivity index (χ1n) is 4.14. The fourth-order valence-corrected chi connectivity index (χ4v) is 1.28. The van der Waals surface area contributed by atoms with E-state index in [-0.39, 0.29) is 6.15 Å². The SMILES string of the molecule is CC(C(=O)O)C1(C)CNCCO1.N. The normalized spacial score (nSPS) is 30.3. The average Bonchev–Trinajstić information content (AvgIpc) is 2.04. The molecule has 5 N–H and O–H groups in total. The van der Waals surface area contributed by atoms with Crippen LogP contribution in [0.3, 0.4) is 0 Å². The predicted octanol–water partition coefficient (Wildman–Crippen LogP) is 0.248. The highest BCUT2D eigenvalue weighted by atomic mass is 16.5. The molecule has 0 spiro atoms. The summed E-state index contributed by atoms with van der Waals surface area (Å²) in [6.45, 7) is 5.52. The number of carboxylic acid groups (broad SMARTS) is 1. The molecule has 1 fully saturated rings. The van der Waals surface area contributed by atoms with E-state index in [1.165, 1.54) is 0 Å². The number of carboxylic acids is 1. The smallest absolute Gasteiger partial charge is 0.309 e. The highest BCUT2D eigenvalue weighted by Crippen LogP contribution is 2.22. The second kappa shape index (κ2) is 4.55. The standard InChI is InChI=1S/C8H15NO3.H3N/c1-6(7(10)11)8(2)5-9-3-4-12-8;/h6,9H,3-5H2,1-2H3,(H,10,11);1H3. The van der Waals surface area contributed by atoms with Gasteiger partial charge in [0, 0.05) is 13.1 Å². The van der Waals surface area contributed by atoms with Crippen molar-refractivity contribution in [2.24, 2.45) is 5.92 Å². The molecule has 1 rings (SSSR count). The lowest BCUT2D eigenvalue weighted by Gasteiger charge is -2.37. The number of rotatable bonds is 2.